The predicted molar refractivity (Wildman–Crippen MR) is 319 cm³/mol. The number of rotatable bonds is 39. The van der Waals surface area contributed by atoms with E-state index in [4.69, 9.17) is 34.0 Å². The second-order valence-corrected chi connectivity index (χ2v) is 23.1. The minimum atomic E-state index is -4.48. The van der Waals surface area contributed by atoms with Crippen LogP contribution >= 0.6 is 7.82 Å². The maximum Gasteiger partial charge on any atom is 0.472 e. The van der Waals surface area contributed by atoms with Crippen molar-refractivity contribution in [2.75, 3.05) is 77.5 Å². The molecule has 0 saturated heterocycles. The van der Waals surface area contributed by atoms with E-state index in [-0.39, 0.29) is 64.2 Å². The van der Waals surface area contributed by atoms with Crippen molar-refractivity contribution in [1.29, 1.82) is 0 Å². The van der Waals surface area contributed by atoms with Crippen molar-refractivity contribution in [2.45, 2.75) is 129 Å². The number of amides is 2. The van der Waals surface area contributed by atoms with Crippen LogP contribution in [0.4, 0.5) is 16.2 Å². The number of esters is 2. The molecule has 4 aromatic carbocycles. The Bertz CT molecular complexity index is 2750. The Labute approximate surface area is 479 Å². The Hall–Kier alpha value is -6.43. The van der Waals surface area contributed by atoms with Crippen molar-refractivity contribution in [3.8, 4) is 0 Å². The topological polar surface area (TPSA) is 223 Å². The second-order valence-electron chi connectivity index (χ2n) is 21.7. The molecular weight excluding hydrogens is 1050 g/mol. The summed E-state index contributed by atoms with van der Waals surface area (Å²) in [4.78, 5) is 73.6. The zero-order chi connectivity index (χ0) is 58.3. The van der Waals surface area contributed by atoms with Crippen LogP contribution in [-0.2, 0) is 57.4 Å². The first kappa shape index (κ1) is 65.4. The third kappa shape index (κ3) is 25.5. The van der Waals surface area contributed by atoms with Gasteiger partial charge in [-0.25, -0.2) is 14.3 Å². The van der Waals surface area contributed by atoms with Gasteiger partial charge in [0.25, 0.3) is 5.91 Å². The van der Waals surface area contributed by atoms with Crippen LogP contribution in [0.1, 0.15) is 143 Å². The van der Waals surface area contributed by atoms with Gasteiger partial charge in [-0.15, -0.1) is 0 Å². The predicted octanol–water partition coefficient (Wildman–Crippen LogP) is 12.1. The number of benzene rings is 4. The fourth-order valence-corrected chi connectivity index (χ4v) is 9.70. The smallest absolute Gasteiger partial charge is 0.465 e. The van der Waals surface area contributed by atoms with Gasteiger partial charge in [-0.2, -0.15) is 4.99 Å². The molecule has 2 amide bonds. The number of nitrogens with zero attached hydrogens (tertiary/aromatic N) is 5. The van der Waals surface area contributed by atoms with E-state index < -0.39 is 31.8 Å². The number of anilines is 2. The Morgan fingerprint density at radius 3 is 1.90 bits per heavy atom. The number of quaternary nitrogens is 1. The molecule has 0 radical (unpaired) electrons. The number of ether oxygens (including phenoxy) is 3. The molecule has 5 rings (SSSR count). The molecule has 0 aliphatic heterocycles. The Morgan fingerprint density at radius 1 is 0.704 bits per heavy atom. The van der Waals surface area contributed by atoms with Crippen LogP contribution in [0.25, 0.3) is 11.0 Å². The quantitative estimate of drug-likeness (QED) is 0.00633. The number of aromatic nitrogens is 2. The third-order valence-electron chi connectivity index (χ3n) is 13.8. The molecule has 0 saturated carbocycles. The molecule has 18 nitrogen and oxygen atoms in total. The molecule has 5 aromatic rings. The van der Waals surface area contributed by atoms with E-state index in [9.17, 15) is 28.6 Å². The van der Waals surface area contributed by atoms with Crippen LogP contribution in [-0.4, -0.2) is 116 Å². The number of aryl methyl sites for hydroxylation is 2. The zero-order valence-corrected chi connectivity index (χ0v) is 49.5. The number of nitrogens with two attached hydrogens (primary N) is 1. The average molecular weight is 1140 g/mol. The number of amidine groups is 1. The fourth-order valence-electron chi connectivity index (χ4n) is 8.91. The van der Waals surface area contributed by atoms with Crippen molar-refractivity contribution in [3.63, 3.8) is 0 Å². The van der Waals surface area contributed by atoms with Gasteiger partial charge in [-0.3, -0.25) is 23.4 Å². The number of imidazole rings is 1. The number of carbonyl (C=O) groups excluding carboxylic acids is 4. The van der Waals surface area contributed by atoms with Crippen LogP contribution in [0, 0.1) is 5.92 Å². The van der Waals surface area contributed by atoms with Gasteiger partial charge < -0.3 is 44.1 Å². The molecule has 2 unspecified atom stereocenters. The highest BCUT2D eigenvalue weighted by Crippen LogP contribution is 2.43. The number of hydrogen-bond donors (Lipinski definition) is 3. The summed E-state index contributed by atoms with van der Waals surface area (Å²) in [6.07, 6.45) is 17.6. The minimum Gasteiger partial charge on any atom is -0.465 e. The largest absolute Gasteiger partial charge is 0.472 e. The number of hydrogen-bond acceptors (Lipinski definition) is 12. The van der Waals surface area contributed by atoms with Crippen LogP contribution in [0.2, 0.25) is 0 Å². The van der Waals surface area contributed by atoms with Crippen LogP contribution < -0.4 is 16.0 Å². The maximum atomic E-state index is 14.3. The highest BCUT2D eigenvalue weighted by molar-refractivity contribution is 7.47. The molecule has 2 atom stereocenters. The van der Waals surface area contributed by atoms with Gasteiger partial charge in [0.1, 0.15) is 24.8 Å². The first-order chi connectivity index (χ1) is 39.0. The number of aliphatic imine (C=N–C) groups is 1. The lowest BCUT2D eigenvalue weighted by Gasteiger charge is -2.24. The number of para-hydroxylation sites is 1. The number of unbranched alkanes of at least 4 members (excludes halogenated alkanes) is 13. The van der Waals surface area contributed by atoms with E-state index in [1.54, 1.807) is 48.5 Å². The van der Waals surface area contributed by atoms with Crippen molar-refractivity contribution in [3.05, 3.63) is 126 Å². The van der Waals surface area contributed by atoms with Crippen molar-refractivity contribution in [2.24, 2.45) is 23.7 Å². The lowest BCUT2D eigenvalue weighted by atomic mass is 10.0. The molecule has 0 aliphatic carbocycles. The van der Waals surface area contributed by atoms with Crippen LogP contribution in [0.5, 0.6) is 0 Å². The number of likely N-dealkylation sites (N-methyl/N-ethyl adjacent to an activating group) is 1. The summed E-state index contributed by atoms with van der Waals surface area (Å²) in [5.41, 5.74) is 11.0. The molecule has 442 valence electrons. The molecule has 0 aliphatic rings. The molecule has 4 N–H and O–H groups in total. The van der Waals surface area contributed by atoms with E-state index in [2.05, 4.69) is 17.2 Å². The van der Waals surface area contributed by atoms with Gasteiger partial charge in [0.05, 0.1) is 77.5 Å². The number of phosphoric acid groups is 1. The van der Waals surface area contributed by atoms with Crippen molar-refractivity contribution < 1.29 is 56.4 Å². The van der Waals surface area contributed by atoms with Gasteiger partial charge in [0, 0.05) is 42.5 Å². The van der Waals surface area contributed by atoms with E-state index in [0.29, 0.717) is 58.6 Å². The van der Waals surface area contributed by atoms with Gasteiger partial charge in [0.2, 0.25) is 0 Å². The summed E-state index contributed by atoms with van der Waals surface area (Å²) >= 11 is 0. The fraction of sp³-hybridized carbons (Fsp3) is 0.516. The van der Waals surface area contributed by atoms with Gasteiger partial charge in [0.15, 0.2) is 0 Å². The Kier molecular flexibility index (Phi) is 28.6. The third-order valence-corrected chi connectivity index (χ3v) is 14.8. The Balaban J connectivity index is 1.11. The molecule has 81 heavy (non-hydrogen) atoms. The summed E-state index contributed by atoms with van der Waals surface area (Å²) in [6, 6.07) is 31.4. The number of fused-ring (bicyclic) bond motifs is 1. The monoisotopic (exact) mass is 1140 g/mol. The summed E-state index contributed by atoms with van der Waals surface area (Å²) in [6.45, 7) is 2.36. The molecule has 0 fully saturated rings. The lowest BCUT2D eigenvalue weighted by molar-refractivity contribution is -0.870. The molecule has 19 heteroatoms. The van der Waals surface area contributed by atoms with E-state index in [0.717, 1.165) is 36.9 Å². The summed E-state index contributed by atoms with van der Waals surface area (Å²) in [5, 5.41) is 3.37. The minimum absolute atomic E-state index is 0.0269. The van der Waals surface area contributed by atoms with E-state index >= 15 is 0 Å². The van der Waals surface area contributed by atoms with Gasteiger partial charge >= 0.3 is 25.9 Å². The lowest BCUT2D eigenvalue weighted by Crippen LogP contribution is -2.37. The molecule has 0 bridgehead atoms. The van der Waals surface area contributed by atoms with Crippen LogP contribution in [0.3, 0.4) is 0 Å². The number of nitrogens with one attached hydrogen (secondary N) is 1. The average Bonchev–Trinajstić information content (AvgIpc) is 3.83. The number of carbonyl (C=O) groups is 4. The summed E-state index contributed by atoms with van der Waals surface area (Å²) in [7, 11) is 3.18. The standard InChI is InChI=1S/C62H88N7O11P/c1-6-7-8-9-10-11-12-13-14-15-16-17-18-25-32-58(70)77-46-50(48-80-81(74,75)79-43-41-69(3,4)5)47-78-59(71)39-40-68(54-30-23-20-24-31-54)61(72)52-35-38-56-55(44-52)65-57(67(56)2)45-64-53-36-33-51(34-37-53)60(63)66-62(73)76-42-26-29-49-27-21-19-22-28-49/h19-24,27-28,30-31,33-38,44,50H,6-18,25-26,29,32,39-43,45-48H2,1-5H3,(H3-,63,64,66,73,74,75)/p+1. The highest BCUT2D eigenvalue weighted by Gasteiger charge is 2.27. The SMILES string of the molecule is CCCCCCCCCCCCCCCCC(=O)OCC(COC(=O)CCN(C(=O)c1ccc2c(c1)nc(CNc1ccc(/C(N)=N/C(=O)OCCCc3ccccc3)cc1)n2C)c1ccccc1)COP(=O)(O)OCC[N+](C)(C)C. The van der Waals surface area contributed by atoms with Crippen molar-refractivity contribution >= 4 is 60.0 Å². The zero-order valence-electron chi connectivity index (χ0n) is 48.6. The van der Waals surface area contributed by atoms with Gasteiger partial charge in [-0.1, -0.05) is 139 Å². The van der Waals surface area contributed by atoms with Crippen molar-refractivity contribution in [1.82, 2.24) is 9.55 Å². The first-order valence-corrected chi connectivity index (χ1v) is 30.4. The first-order valence-electron chi connectivity index (χ1n) is 28.9. The molecular formula is C62H89N7O11P+. The van der Waals surface area contributed by atoms with Gasteiger partial charge in [-0.05, 0) is 79.4 Å². The Morgan fingerprint density at radius 2 is 1.28 bits per heavy atom. The molecule has 1 aromatic heterocycles. The second kappa shape index (κ2) is 35.4. The van der Waals surface area contributed by atoms with E-state index in [1.807, 2.05) is 87.4 Å². The summed E-state index contributed by atoms with van der Waals surface area (Å²) < 4.78 is 42.3. The molecule has 1 heterocycles. The number of phosphoric ester groups is 1. The highest BCUT2D eigenvalue weighted by atomic mass is 31.2. The summed E-state index contributed by atoms with van der Waals surface area (Å²) in [5.74, 6) is -1.43. The molecule has 0 spiro atoms. The normalized spacial score (nSPS) is 12.9. The van der Waals surface area contributed by atoms with E-state index in [1.165, 1.54) is 74.7 Å². The van der Waals surface area contributed by atoms with Crippen LogP contribution in [0.15, 0.2) is 108 Å². The maximum absolute atomic E-state index is 14.3.